The zero-order chi connectivity index (χ0) is 10.9. The summed E-state index contributed by atoms with van der Waals surface area (Å²) in [5.74, 6) is 0.835. The Morgan fingerprint density at radius 1 is 1.53 bits per heavy atom. The summed E-state index contributed by atoms with van der Waals surface area (Å²) in [4.78, 5) is 0. The van der Waals surface area contributed by atoms with Gasteiger partial charge in [0.25, 0.3) is 0 Å². The third-order valence-corrected chi connectivity index (χ3v) is 3.20. The molecule has 84 valence electrons. The van der Waals surface area contributed by atoms with E-state index in [2.05, 4.69) is 35.1 Å². The van der Waals surface area contributed by atoms with Crippen molar-refractivity contribution in [3.63, 3.8) is 0 Å². The molecule has 3 nitrogen and oxygen atoms in total. The van der Waals surface area contributed by atoms with Crippen LogP contribution in [0.3, 0.4) is 0 Å². The van der Waals surface area contributed by atoms with Crippen LogP contribution in [0, 0.1) is 11.3 Å². The molecule has 0 bridgehead atoms. The van der Waals surface area contributed by atoms with Crippen LogP contribution in [-0.4, -0.2) is 16.8 Å². The Bertz CT molecular complexity index is 319. The molecule has 15 heavy (non-hydrogen) atoms. The molecular weight excluding hydrogens is 186 g/mol. The first-order valence-electron chi connectivity index (χ1n) is 5.75. The fourth-order valence-corrected chi connectivity index (χ4v) is 2.70. The van der Waals surface area contributed by atoms with Crippen LogP contribution < -0.4 is 5.32 Å². The summed E-state index contributed by atoms with van der Waals surface area (Å²) in [6.45, 7) is 6.70. The van der Waals surface area contributed by atoms with Gasteiger partial charge < -0.3 is 5.32 Å². The van der Waals surface area contributed by atoms with Gasteiger partial charge in [0.1, 0.15) is 0 Å². The molecule has 0 radical (unpaired) electrons. The van der Waals surface area contributed by atoms with E-state index < -0.39 is 0 Å². The molecular formula is C12H21N3. The maximum Gasteiger partial charge on any atom is 0.0534 e. The van der Waals surface area contributed by atoms with Crippen LogP contribution in [0.4, 0.5) is 0 Å². The molecule has 1 aliphatic rings. The molecule has 2 rings (SSSR count). The van der Waals surface area contributed by atoms with Crippen molar-refractivity contribution < 1.29 is 0 Å². The van der Waals surface area contributed by atoms with Gasteiger partial charge in [0.2, 0.25) is 0 Å². The lowest BCUT2D eigenvalue weighted by atomic mass is 9.64. The lowest BCUT2D eigenvalue weighted by molar-refractivity contribution is 0.0800. The van der Waals surface area contributed by atoms with Gasteiger partial charge >= 0.3 is 0 Å². The maximum absolute atomic E-state index is 4.38. The SMILES string of the molecule is CNCc1cnn(CC2CC(C)(C)C2)c1. The Kier molecular flexibility index (Phi) is 2.83. The quantitative estimate of drug-likeness (QED) is 0.819. The third-order valence-electron chi connectivity index (χ3n) is 3.20. The lowest BCUT2D eigenvalue weighted by Gasteiger charge is -2.42. The van der Waals surface area contributed by atoms with Gasteiger partial charge in [-0.1, -0.05) is 13.8 Å². The van der Waals surface area contributed by atoms with E-state index in [9.17, 15) is 0 Å². The average Bonchev–Trinajstić information content (AvgIpc) is 2.50. The van der Waals surface area contributed by atoms with E-state index in [0.717, 1.165) is 19.0 Å². The number of nitrogens with one attached hydrogen (secondary N) is 1. The van der Waals surface area contributed by atoms with Crippen molar-refractivity contribution in [2.24, 2.45) is 11.3 Å². The summed E-state index contributed by atoms with van der Waals surface area (Å²) < 4.78 is 2.09. The van der Waals surface area contributed by atoms with E-state index >= 15 is 0 Å². The lowest BCUT2D eigenvalue weighted by Crippen LogP contribution is -2.34. The number of rotatable bonds is 4. The molecule has 0 aliphatic heterocycles. The Morgan fingerprint density at radius 2 is 2.27 bits per heavy atom. The Balaban J connectivity index is 1.84. The predicted molar refractivity (Wildman–Crippen MR) is 61.5 cm³/mol. The number of hydrogen-bond donors (Lipinski definition) is 1. The first-order valence-corrected chi connectivity index (χ1v) is 5.75. The van der Waals surface area contributed by atoms with Crippen molar-refractivity contribution in [1.29, 1.82) is 0 Å². The van der Waals surface area contributed by atoms with Gasteiger partial charge in [-0.3, -0.25) is 4.68 Å². The second-order valence-electron chi connectivity index (χ2n) is 5.54. The van der Waals surface area contributed by atoms with Crippen LogP contribution in [0.1, 0.15) is 32.3 Å². The predicted octanol–water partition coefficient (Wildman–Crippen LogP) is 2.04. The molecule has 0 aromatic carbocycles. The Labute approximate surface area is 91.9 Å². The van der Waals surface area contributed by atoms with Crippen molar-refractivity contribution in [2.75, 3.05) is 7.05 Å². The van der Waals surface area contributed by atoms with Crippen LogP contribution in [-0.2, 0) is 13.1 Å². The Morgan fingerprint density at radius 3 is 2.87 bits per heavy atom. The largest absolute Gasteiger partial charge is 0.316 e. The fourth-order valence-electron chi connectivity index (χ4n) is 2.70. The van der Waals surface area contributed by atoms with Gasteiger partial charge in [0.05, 0.1) is 6.20 Å². The maximum atomic E-state index is 4.38. The van der Waals surface area contributed by atoms with E-state index in [1.165, 1.54) is 18.4 Å². The van der Waals surface area contributed by atoms with Crippen LogP contribution in [0.2, 0.25) is 0 Å². The number of nitrogens with zero attached hydrogens (tertiary/aromatic N) is 2. The normalized spacial score (nSPS) is 20.2. The van der Waals surface area contributed by atoms with Gasteiger partial charge in [-0.25, -0.2) is 0 Å². The van der Waals surface area contributed by atoms with Crippen molar-refractivity contribution in [3.05, 3.63) is 18.0 Å². The molecule has 1 fully saturated rings. The van der Waals surface area contributed by atoms with Gasteiger partial charge in [0, 0.05) is 24.8 Å². The van der Waals surface area contributed by atoms with Crippen LogP contribution in [0.15, 0.2) is 12.4 Å². The standard InChI is InChI=1S/C12H21N3/c1-12(2)4-10(5-12)8-15-9-11(6-13-3)7-14-15/h7,9-10,13H,4-6,8H2,1-3H3. The highest BCUT2D eigenvalue weighted by Gasteiger charge is 2.35. The van der Waals surface area contributed by atoms with Gasteiger partial charge in [-0.05, 0) is 31.2 Å². The van der Waals surface area contributed by atoms with E-state index in [-0.39, 0.29) is 0 Å². The number of aromatic nitrogens is 2. The van der Waals surface area contributed by atoms with Crippen molar-refractivity contribution >= 4 is 0 Å². The van der Waals surface area contributed by atoms with Crippen molar-refractivity contribution in [2.45, 2.75) is 39.8 Å². The molecule has 1 aliphatic carbocycles. The van der Waals surface area contributed by atoms with Crippen molar-refractivity contribution in [3.8, 4) is 0 Å². The molecule has 1 aromatic rings. The average molecular weight is 207 g/mol. The third kappa shape index (κ3) is 2.59. The monoisotopic (exact) mass is 207 g/mol. The second-order valence-corrected chi connectivity index (χ2v) is 5.54. The minimum absolute atomic E-state index is 0.575. The van der Waals surface area contributed by atoms with E-state index in [0.29, 0.717) is 5.41 Å². The zero-order valence-corrected chi connectivity index (χ0v) is 9.95. The summed E-state index contributed by atoms with van der Waals surface area (Å²) >= 11 is 0. The summed E-state index contributed by atoms with van der Waals surface area (Å²) in [5, 5.41) is 7.52. The molecule has 0 unspecified atom stereocenters. The first-order chi connectivity index (χ1) is 7.09. The molecule has 1 N–H and O–H groups in total. The fraction of sp³-hybridized carbons (Fsp3) is 0.750. The number of hydrogen-bond acceptors (Lipinski definition) is 2. The molecule has 1 saturated carbocycles. The highest BCUT2D eigenvalue weighted by atomic mass is 15.3. The molecule has 1 heterocycles. The molecule has 0 saturated heterocycles. The first kappa shape index (κ1) is 10.7. The minimum Gasteiger partial charge on any atom is -0.316 e. The second kappa shape index (κ2) is 3.97. The highest BCUT2D eigenvalue weighted by Crippen LogP contribution is 2.45. The van der Waals surface area contributed by atoms with Gasteiger partial charge in [-0.2, -0.15) is 5.10 Å². The van der Waals surface area contributed by atoms with Gasteiger partial charge in [-0.15, -0.1) is 0 Å². The summed E-state index contributed by atoms with van der Waals surface area (Å²) in [6.07, 6.45) is 6.80. The van der Waals surface area contributed by atoms with Crippen LogP contribution >= 0.6 is 0 Å². The van der Waals surface area contributed by atoms with E-state index in [1.807, 2.05) is 13.2 Å². The molecule has 3 heteroatoms. The van der Waals surface area contributed by atoms with Crippen LogP contribution in [0.5, 0.6) is 0 Å². The van der Waals surface area contributed by atoms with Gasteiger partial charge in [0.15, 0.2) is 0 Å². The molecule has 1 aromatic heterocycles. The smallest absolute Gasteiger partial charge is 0.0534 e. The van der Waals surface area contributed by atoms with Crippen molar-refractivity contribution in [1.82, 2.24) is 15.1 Å². The van der Waals surface area contributed by atoms with Crippen LogP contribution in [0.25, 0.3) is 0 Å². The van der Waals surface area contributed by atoms with E-state index in [1.54, 1.807) is 0 Å². The zero-order valence-electron chi connectivity index (χ0n) is 9.95. The summed E-state index contributed by atoms with van der Waals surface area (Å²) in [5.41, 5.74) is 1.85. The topological polar surface area (TPSA) is 29.9 Å². The highest BCUT2D eigenvalue weighted by molar-refractivity contribution is 5.03. The molecule has 0 spiro atoms. The molecule has 0 atom stereocenters. The van der Waals surface area contributed by atoms with E-state index in [4.69, 9.17) is 0 Å². The Hall–Kier alpha value is -0.830. The summed E-state index contributed by atoms with van der Waals surface area (Å²) in [7, 11) is 1.96. The molecule has 0 amide bonds. The minimum atomic E-state index is 0.575. The summed E-state index contributed by atoms with van der Waals surface area (Å²) in [6, 6.07) is 0.